The van der Waals surface area contributed by atoms with Crippen molar-refractivity contribution in [3.63, 3.8) is 0 Å². The van der Waals surface area contributed by atoms with Gasteiger partial charge in [0, 0.05) is 23.0 Å². The van der Waals surface area contributed by atoms with Crippen LogP contribution in [0.2, 0.25) is 5.02 Å². The Balaban J connectivity index is 1.92. The van der Waals surface area contributed by atoms with Crippen LogP contribution in [0.5, 0.6) is 11.5 Å². The van der Waals surface area contributed by atoms with Crippen molar-refractivity contribution in [3.8, 4) is 11.5 Å². The van der Waals surface area contributed by atoms with Crippen LogP contribution in [-0.4, -0.2) is 25.1 Å². The maximum Gasteiger partial charge on any atom is 0.272 e. The molecule has 0 unspecified atom stereocenters. The fourth-order valence-corrected chi connectivity index (χ4v) is 2.57. The number of amides is 1. The summed E-state index contributed by atoms with van der Waals surface area (Å²) in [6.07, 6.45) is 0. The number of anilines is 1. The van der Waals surface area contributed by atoms with E-state index in [4.69, 9.17) is 21.1 Å². The Labute approximate surface area is 138 Å². The Kier molecular flexibility index (Phi) is 4.12. The SMILES string of the molecule is COc1cc(NC(=O)c2cc3ccccc3[nH]2)c(OC)cc1Cl. The number of fused-ring (bicyclic) bond motifs is 1. The summed E-state index contributed by atoms with van der Waals surface area (Å²) >= 11 is 6.06. The molecule has 1 amide bonds. The van der Waals surface area contributed by atoms with Gasteiger partial charge in [0.15, 0.2) is 0 Å². The normalized spacial score (nSPS) is 10.6. The summed E-state index contributed by atoms with van der Waals surface area (Å²) in [5.41, 5.74) is 1.85. The predicted octanol–water partition coefficient (Wildman–Crippen LogP) is 4.09. The number of carbonyl (C=O) groups is 1. The van der Waals surface area contributed by atoms with E-state index in [1.807, 2.05) is 24.3 Å². The second-order valence-corrected chi connectivity index (χ2v) is 5.32. The monoisotopic (exact) mass is 330 g/mol. The quantitative estimate of drug-likeness (QED) is 0.757. The van der Waals surface area contributed by atoms with Gasteiger partial charge in [0.25, 0.3) is 5.91 Å². The molecule has 2 aromatic carbocycles. The van der Waals surface area contributed by atoms with Gasteiger partial charge in [-0.05, 0) is 12.1 Å². The van der Waals surface area contributed by atoms with Crippen LogP contribution in [0.4, 0.5) is 5.69 Å². The van der Waals surface area contributed by atoms with Crippen molar-refractivity contribution in [2.45, 2.75) is 0 Å². The number of aromatic nitrogens is 1. The van der Waals surface area contributed by atoms with Crippen LogP contribution in [0.25, 0.3) is 10.9 Å². The molecular formula is C17H15ClN2O3. The summed E-state index contributed by atoms with van der Waals surface area (Å²) in [5, 5.41) is 4.19. The van der Waals surface area contributed by atoms with E-state index >= 15 is 0 Å². The van der Waals surface area contributed by atoms with Crippen LogP contribution < -0.4 is 14.8 Å². The molecule has 0 bridgehead atoms. The highest BCUT2D eigenvalue weighted by atomic mass is 35.5. The third-order valence-corrected chi connectivity index (χ3v) is 3.79. The van der Waals surface area contributed by atoms with Crippen molar-refractivity contribution in [1.29, 1.82) is 0 Å². The van der Waals surface area contributed by atoms with Crippen LogP contribution in [0.3, 0.4) is 0 Å². The Bertz CT molecular complexity index is 840. The third-order valence-electron chi connectivity index (χ3n) is 3.50. The molecule has 0 saturated heterocycles. The maximum atomic E-state index is 12.5. The first kappa shape index (κ1) is 15.2. The zero-order chi connectivity index (χ0) is 16.4. The highest BCUT2D eigenvalue weighted by Crippen LogP contribution is 2.36. The van der Waals surface area contributed by atoms with Crippen LogP contribution in [0, 0.1) is 0 Å². The van der Waals surface area contributed by atoms with Crippen LogP contribution in [-0.2, 0) is 0 Å². The molecule has 3 rings (SSSR count). The zero-order valence-electron chi connectivity index (χ0n) is 12.6. The van der Waals surface area contributed by atoms with Gasteiger partial charge in [0.2, 0.25) is 0 Å². The van der Waals surface area contributed by atoms with Gasteiger partial charge in [-0.3, -0.25) is 4.79 Å². The second-order valence-electron chi connectivity index (χ2n) is 4.91. The summed E-state index contributed by atoms with van der Waals surface area (Å²) in [6, 6.07) is 12.7. The molecule has 0 aliphatic heterocycles. The molecule has 0 aliphatic carbocycles. The average molecular weight is 331 g/mol. The average Bonchev–Trinajstić information content (AvgIpc) is 3.00. The van der Waals surface area contributed by atoms with Crippen LogP contribution >= 0.6 is 11.6 Å². The number of methoxy groups -OCH3 is 2. The number of ether oxygens (including phenoxy) is 2. The highest BCUT2D eigenvalue weighted by molar-refractivity contribution is 6.32. The summed E-state index contributed by atoms with van der Waals surface area (Å²) in [5.74, 6) is 0.642. The van der Waals surface area contributed by atoms with E-state index in [9.17, 15) is 4.79 Å². The molecule has 2 N–H and O–H groups in total. The zero-order valence-corrected chi connectivity index (χ0v) is 13.4. The standard InChI is InChI=1S/C17H15ClN2O3/c1-22-15-9-13(16(23-2)8-11(15)18)20-17(21)14-7-10-5-3-4-6-12(10)19-14/h3-9,19H,1-2H3,(H,20,21). The van der Waals surface area contributed by atoms with E-state index in [-0.39, 0.29) is 5.91 Å². The number of rotatable bonds is 4. The summed E-state index contributed by atoms with van der Waals surface area (Å²) < 4.78 is 10.4. The lowest BCUT2D eigenvalue weighted by Gasteiger charge is -2.12. The molecular weight excluding hydrogens is 316 g/mol. The van der Waals surface area contributed by atoms with Crippen LogP contribution in [0.15, 0.2) is 42.5 Å². The molecule has 0 radical (unpaired) electrons. The lowest BCUT2D eigenvalue weighted by Crippen LogP contribution is -2.13. The molecule has 3 aromatic rings. The summed E-state index contributed by atoms with van der Waals surface area (Å²) in [4.78, 5) is 15.5. The summed E-state index contributed by atoms with van der Waals surface area (Å²) in [7, 11) is 3.02. The van der Waals surface area contributed by atoms with E-state index in [1.165, 1.54) is 14.2 Å². The van der Waals surface area contributed by atoms with Crippen molar-refractivity contribution in [2.24, 2.45) is 0 Å². The summed E-state index contributed by atoms with van der Waals surface area (Å²) in [6.45, 7) is 0. The van der Waals surface area contributed by atoms with E-state index in [0.717, 1.165) is 10.9 Å². The number of halogens is 1. The molecule has 0 saturated carbocycles. The molecule has 0 atom stereocenters. The predicted molar refractivity (Wildman–Crippen MR) is 90.8 cm³/mol. The molecule has 118 valence electrons. The Morgan fingerprint density at radius 1 is 1.09 bits per heavy atom. The van der Waals surface area contributed by atoms with Gasteiger partial charge >= 0.3 is 0 Å². The van der Waals surface area contributed by atoms with Crippen molar-refractivity contribution >= 4 is 34.1 Å². The minimum absolute atomic E-state index is 0.274. The molecule has 0 aliphatic rings. The van der Waals surface area contributed by atoms with Gasteiger partial charge < -0.3 is 19.8 Å². The number of aromatic amines is 1. The maximum absolute atomic E-state index is 12.5. The Morgan fingerprint density at radius 3 is 2.52 bits per heavy atom. The molecule has 1 aromatic heterocycles. The highest BCUT2D eigenvalue weighted by Gasteiger charge is 2.15. The topological polar surface area (TPSA) is 63.3 Å². The van der Waals surface area contributed by atoms with Gasteiger partial charge in [0.1, 0.15) is 17.2 Å². The fourth-order valence-electron chi connectivity index (χ4n) is 2.34. The van der Waals surface area contributed by atoms with Crippen molar-refractivity contribution in [2.75, 3.05) is 19.5 Å². The first-order valence-corrected chi connectivity index (χ1v) is 7.31. The first-order valence-electron chi connectivity index (χ1n) is 6.93. The van der Waals surface area contributed by atoms with Crippen molar-refractivity contribution in [3.05, 3.63) is 53.2 Å². The molecule has 0 fully saturated rings. The second kappa shape index (κ2) is 6.22. The van der Waals surface area contributed by atoms with Gasteiger partial charge in [0.05, 0.1) is 24.9 Å². The molecule has 6 heteroatoms. The van der Waals surface area contributed by atoms with Gasteiger partial charge in [-0.2, -0.15) is 0 Å². The lowest BCUT2D eigenvalue weighted by atomic mass is 10.2. The van der Waals surface area contributed by atoms with E-state index in [1.54, 1.807) is 18.2 Å². The number of hydrogen-bond donors (Lipinski definition) is 2. The van der Waals surface area contributed by atoms with E-state index < -0.39 is 0 Å². The van der Waals surface area contributed by atoms with Gasteiger partial charge in [-0.1, -0.05) is 29.8 Å². The van der Waals surface area contributed by atoms with Crippen LogP contribution in [0.1, 0.15) is 10.5 Å². The number of hydrogen-bond acceptors (Lipinski definition) is 3. The van der Waals surface area contributed by atoms with E-state index in [2.05, 4.69) is 10.3 Å². The molecule has 23 heavy (non-hydrogen) atoms. The Hall–Kier alpha value is -2.66. The van der Waals surface area contributed by atoms with E-state index in [0.29, 0.717) is 27.9 Å². The molecule has 1 heterocycles. The lowest BCUT2D eigenvalue weighted by molar-refractivity contribution is 0.102. The molecule has 0 spiro atoms. The minimum atomic E-state index is -0.274. The fraction of sp³-hybridized carbons (Fsp3) is 0.118. The smallest absolute Gasteiger partial charge is 0.272 e. The van der Waals surface area contributed by atoms with Crippen molar-refractivity contribution in [1.82, 2.24) is 4.98 Å². The molecule has 5 nitrogen and oxygen atoms in total. The first-order chi connectivity index (χ1) is 11.1. The largest absolute Gasteiger partial charge is 0.495 e. The minimum Gasteiger partial charge on any atom is -0.495 e. The number of H-pyrrole nitrogens is 1. The number of carbonyl (C=O) groups excluding carboxylic acids is 1. The van der Waals surface area contributed by atoms with Crippen molar-refractivity contribution < 1.29 is 14.3 Å². The number of nitrogens with one attached hydrogen (secondary N) is 2. The number of benzene rings is 2. The van der Waals surface area contributed by atoms with Gasteiger partial charge in [-0.25, -0.2) is 0 Å². The van der Waals surface area contributed by atoms with Gasteiger partial charge in [-0.15, -0.1) is 0 Å². The Morgan fingerprint density at radius 2 is 1.83 bits per heavy atom. The third kappa shape index (κ3) is 2.96. The number of para-hydroxylation sites is 1.